The first-order chi connectivity index (χ1) is 14.1. The predicted molar refractivity (Wildman–Crippen MR) is 115 cm³/mol. The molecule has 146 valence electrons. The molecule has 0 radical (unpaired) electrons. The van der Waals surface area contributed by atoms with E-state index in [0.29, 0.717) is 16.5 Å². The van der Waals surface area contributed by atoms with Gasteiger partial charge in [-0.3, -0.25) is 4.98 Å². The van der Waals surface area contributed by atoms with Crippen molar-refractivity contribution in [2.24, 2.45) is 0 Å². The number of aromatic nitrogens is 2. The first kappa shape index (κ1) is 19.2. The molecule has 4 rings (SSSR count). The summed E-state index contributed by atoms with van der Waals surface area (Å²) < 4.78 is 19.8. The van der Waals surface area contributed by atoms with Gasteiger partial charge in [0.1, 0.15) is 5.82 Å². The number of nitrogens with one attached hydrogen (secondary N) is 1. The number of rotatable bonds is 5. The van der Waals surface area contributed by atoms with Crippen LogP contribution in [0.4, 0.5) is 10.1 Å². The second-order valence-corrected chi connectivity index (χ2v) is 7.10. The number of hydrogen-bond acceptors (Lipinski definition) is 4. The molecule has 0 aliphatic carbocycles. The van der Waals surface area contributed by atoms with E-state index in [0.717, 1.165) is 27.7 Å². The van der Waals surface area contributed by atoms with Gasteiger partial charge in [0, 0.05) is 35.0 Å². The summed E-state index contributed by atoms with van der Waals surface area (Å²) in [5.41, 5.74) is 3.85. The molecule has 1 N–H and O–H groups in total. The Kier molecular flexibility index (Phi) is 5.32. The zero-order valence-corrected chi connectivity index (χ0v) is 16.7. The van der Waals surface area contributed by atoms with Crippen LogP contribution in [0.2, 0.25) is 5.02 Å². The van der Waals surface area contributed by atoms with Crippen LogP contribution in [0.15, 0.2) is 67.0 Å². The Morgan fingerprint density at radius 2 is 1.79 bits per heavy atom. The molecule has 0 saturated heterocycles. The topological polar surface area (TPSA) is 47.0 Å². The molecule has 0 unspecified atom stereocenters. The molecular weight excluding hydrogens is 389 g/mol. The van der Waals surface area contributed by atoms with Gasteiger partial charge in [-0.25, -0.2) is 9.37 Å². The third-order valence-corrected chi connectivity index (χ3v) is 5.12. The molecule has 0 aliphatic heterocycles. The summed E-state index contributed by atoms with van der Waals surface area (Å²) in [5, 5.41) is 4.74. The highest BCUT2D eigenvalue weighted by atomic mass is 35.5. The largest absolute Gasteiger partial charge is 0.481 e. The predicted octanol–water partition coefficient (Wildman–Crippen LogP) is 6.27. The third-order valence-electron chi connectivity index (χ3n) is 4.83. The second kappa shape index (κ2) is 8.05. The van der Waals surface area contributed by atoms with Crippen molar-refractivity contribution in [1.29, 1.82) is 0 Å². The van der Waals surface area contributed by atoms with Crippen molar-refractivity contribution in [2.45, 2.75) is 13.0 Å². The Morgan fingerprint density at radius 1 is 1.00 bits per heavy atom. The highest BCUT2D eigenvalue weighted by Crippen LogP contribution is 2.34. The van der Waals surface area contributed by atoms with Crippen LogP contribution in [0.25, 0.3) is 22.0 Å². The Balaban J connectivity index is 1.69. The van der Waals surface area contributed by atoms with Crippen molar-refractivity contribution >= 4 is 28.2 Å². The van der Waals surface area contributed by atoms with Crippen LogP contribution in [0.3, 0.4) is 0 Å². The summed E-state index contributed by atoms with van der Waals surface area (Å²) in [7, 11) is 1.57. The lowest BCUT2D eigenvalue weighted by molar-refractivity contribution is 0.398. The summed E-state index contributed by atoms with van der Waals surface area (Å²) in [6.45, 7) is 1.90. The highest BCUT2D eigenvalue weighted by Gasteiger charge is 2.16. The minimum atomic E-state index is -0.315. The van der Waals surface area contributed by atoms with Crippen molar-refractivity contribution in [3.05, 3.63) is 83.4 Å². The number of anilines is 1. The molecular formula is C23H19ClFN3O. The summed E-state index contributed by atoms with van der Waals surface area (Å²) in [4.78, 5) is 8.57. The lowest BCUT2D eigenvalue weighted by Crippen LogP contribution is -2.10. The van der Waals surface area contributed by atoms with Gasteiger partial charge in [-0.15, -0.1) is 0 Å². The second-order valence-electron chi connectivity index (χ2n) is 6.69. The Hall–Kier alpha value is -3.18. The molecule has 2 aromatic heterocycles. The molecule has 0 spiro atoms. The quantitative estimate of drug-likeness (QED) is 0.423. The van der Waals surface area contributed by atoms with Crippen LogP contribution in [-0.4, -0.2) is 17.1 Å². The Bertz CT molecular complexity index is 1160. The molecule has 4 nitrogen and oxygen atoms in total. The molecule has 2 aromatic carbocycles. The highest BCUT2D eigenvalue weighted by molar-refractivity contribution is 6.34. The minimum Gasteiger partial charge on any atom is -0.481 e. The van der Waals surface area contributed by atoms with Gasteiger partial charge in [-0.1, -0.05) is 35.9 Å². The van der Waals surface area contributed by atoms with E-state index in [9.17, 15) is 4.39 Å². The van der Waals surface area contributed by atoms with Gasteiger partial charge in [0.15, 0.2) is 0 Å². The molecule has 1 atom stereocenters. The minimum absolute atomic E-state index is 0.287. The average Bonchev–Trinajstić information content (AvgIpc) is 2.76. The fraction of sp³-hybridized carbons (Fsp3) is 0.130. The maximum absolute atomic E-state index is 14.7. The van der Waals surface area contributed by atoms with E-state index in [-0.39, 0.29) is 11.9 Å². The average molecular weight is 408 g/mol. The fourth-order valence-corrected chi connectivity index (χ4v) is 3.49. The summed E-state index contributed by atoms with van der Waals surface area (Å²) in [6.07, 6.45) is 3.32. The van der Waals surface area contributed by atoms with Gasteiger partial charge < -0.3 is 10.1 Å². The van der Waals surface area contributed by atoms with E-state index in [4.69, 9.17) is 16.3 Å². The number of fused-ring (bicyclic) bond motifs is 1. The fourth-order valence-electron chi connectivity index (χ4n) is 3.28. The van der Waals surface area contributed by atoms with Crippen molar-refractivity contribution < 1.29 is 9.13 Å². The molecule has 6 heteroatoms. The van der Waals surface area contributed by atoms with Crippen molar-refractivity contribution in [2.75, 3.05) is 12.4 Å². The summed E-state index contributed by atoms with van der Waals surface area (Å²) >= 11 is 6.39. The summed E-state index contributed by atoms with van der Waals surface area (Å²) in [5.74, 6) is 0.245. The van der Waals surface area contributed by atoms with Crippen molar-refractivity contribution in [1.82, 2.24) is 9.97 Å². The smallest absolute Gasteiger partial charge is 0.212 e. The molecule has 0 amide bonds. The van der Waals surface area contributed by atoms with Gasteiger partial charge in [-0.05, 0) is 36.8 Å². The molecule has 4 aromatic rings. The number of benzene rings is 2. The zero-order valence-electron chi connectivity index (χ0n) is 16.0. The van der Waals surface area contributed by atoms with Crippen LogP contribution in [-0.2, 0) is 0 Å². The molecule has 0 fully saturated rings. The normalized spacial score (nSPS) is 12.0. The van der Waals surface area contributed by atoms with Gasteiger partial charge in [0.2, 0.25) is 5.88 Å². The number of methoxy groups -OCH3 is 1. The molecule has 0 saturated carbocycles. The van der Waals surface area contributed by atoms with Crippen molar-refractivity contribution in [3.63, 3.8) is 0 Å². The number of para-hydroxylation sites is 1. The van der Waals surface area contributed by atoms with Crippen molar-refractivity contribution in [3.8, 4) is 17.0 Å². The van der Waals surface area contributed by atoms with Gasteiger partial charge in [0.05, 0.1) is 29.4 Å². The number of hydrogen-bond donors (Lipinski definition) is 1. The van der Waals surface area contributed by atoms with Gasteiger partial charge >= 0.3 is 0 Å². The van der Waals surface area contributed by atoms with E-state index >= 15 is 0 Å². The standard InChI is InChI=1S/C23H19ClFN3O/c1-14(28-23-17-5-3-4-6-21(17)26-13-19(23)24)18-11-15(7-9-20(18)25)16-8-10-22(29-2)27-12-16/h3-14H,1-2H3,(H,26,28)/t14-/m1/s1. The van der Waals surface area contributed by atoms with Gasteiger partial charge in [-0.2, -0.15) is 0 Å². The van der Waals surface area contributed by atoms with E-state index in [1.54, 1.807) is 31.6 Å². The lowest BCUT2D eigenvalue weighted by atomic mass is 10.00. The maximum atomic E-state index is 14.7. The van der Waals surface area contributed by atoms with Gasteiger partial charge in [0.25, 0.3) is 0 Å². The molecule has 2 heterocycles. The van der Waals surface area contributed by atoms with Crippen LogP contribution < -0.4 is 10.1 Å². The van der Waals surface area contributed by atoms with Crippen LogP contribution in [0.5, 0.6) is 5.88 Å². The molecule has 29 heavy (non-hydrogen) atoms. The number of ether oxygens (including phenoxy) is 1. The first-order valence-electron chi connectivity index (χ1n) is 9.16. The maximum Gasteiger partial charge on any atom is 0.212 e. The number of nitrogens with zero attached hydrogens (tertiary/aromatic N) is 2. The lowest BCUT2D eigenvalue weighted by Gasteiger charge is -2.19. The third kappa shape index (κ3) is 3.87. The SMILES string of the molecule is COc1ccc(-c2ccc(F)c([C@@H](C)Nc3c(Cl)cnc4ccccc34)c2)cn1. The van der Waals surface area contributed by atoms with E-state index in [1.807, 2.05) is 43.3 Å². The molecule has 0 bridgehead atoms. The Labute approximate surface area is 173 Å². The Morgan fingerprint density at radius 3 is 2.55 bits per heavy atom. The zero-order chi connectivity index (χ0) is 20.4. The van der Waals surface area contributed by atoms with Crippen LogP contribution in [0.1, 0.15) is 18.5 Å². The monoisotopic (exact) mass is 407 g/mol. The van der Waals surface area contributed by atoms with Crippen LogP contribution >= 0.6 is 11.6 Å². The number of halogens is 2. The van der Waals surface area contributed by atoms with Crippen LogP contribution in [0, 0.1) is 5.82 Å². The molecule has 0 aliphatic rings. The van der Waals surface area contributed by atoms with E-state index in [1.165, 1.54) is 6.07 Å². The number of pyridine rings is 2. The van der Waals surface area contributed by atoms with E-state index < -0.39 is 0 Å². The summed E-state index contributed by atoms with van der Waals surface area (Å²) in [6, 6.07) is 16.1. The first-order valence-corrected chi connectivity index (χ1v) is 9.54. The van der Waals surface area contributed by atoms with E-state index in [2.05, 4.69) is 15.3 Å².